The Kier molecular flexibility index (Phi) is 10.9. The maximum absolute atomic E-state index is 12.1. The van der Waals surface area contributed by atoms with Crippen molar-refractivity contribution in [2.24, 2.45) is 5.73 Å². The molecule has 0 aliphatic carbocycles. The van der Waals surface area contributed by atoms with Crippen molar-refractivity contribution in [3.05, 3.63) is 18.3 Å². The van der Waals surface area contributed by atoms with Crippen LogP contribution in [0.1, 0.15) is 6.42 Å². The first-order valence-electron chi connectivity index (χ1n) is 7.05. The van der Waals surface area contributed by atoms with Crippen molar-refractivity contribution < 1.29 is 14.3 Å². The van der Waals surface area contributed by atoms with Crippen LogP contribution in [0.5, 0.6) is 0 Å². The molecule has 0 spiro atoms. The van der Waals surface area contributed by atoms with Gasteiger partial charge in [0.2, 0.25) is 5.91 Å². The zero-order chi connectivity index (χ0) is 15.1. The van der Waals surface area contributed by atoms with Gasteiger partial charge in [-0.1, -0.05) is 0 Å². The lowest BCUT2D eigenvalue weighted by molar-refractivity contribution is -0.118. The van der Waals surface area contributed by atoms with Gasteiger partial charge >= 0.3 is 0 Å². The summed E-state index contributed by atoms with van der Waals surface area (Å²) in [4.78, 5) is 18.5. The fraction of sp³-hybridized carbons (Fsp3) is 0.571. The molecule has 0 radical (unpaired) electrons. The molecule has 7 nitrogen and oxygen atoms in total. The fourth-order valence-electron chi connectivity index (χ4n) is 2.19. The molecule has 0 saturated carbocycles. The number of aromatic nitrogens is 1. The SMILES string of the molecule is COC(CN)CC(=O)Nc1cccnc1N1CCOCC1.Cl.Cl. The molecule has 1 fully saturated rings. The fourth-order valence-corrected chi connectivity index (χ4v) is 2.19. The molecule has 1 aliphatic heterocycles. The number of nitrogens with one attached hydrogen (secondary N) is 1. The van der Waals surface area contributed by atoms with E-state index < -0.39 is 0 Å². The molecule has 9 heteroatoms. The highest BCUT2D eigenvalue weighted by atomic mass is 35.5. The Hall–Kier alpha value is -1.12. The van der Waals surface area contributed by atoms with Gasteiger partial charge < -0.3 is 25.4 Å². The molecule has 1 aromatic rings. The molecular formula is C14H24Cl2N4O3. The second kappa shape index (κ2) is 11.4. The summed E-state index contributed by atoms with van der Waals surface area (Å²) in [6.07, 6.45) is 1.68. The van der Waals surface area contributed by atoms with Crippen molar-refractivity contribution >= 4 is 42.2 Å². The summed E-state index contributed by atoms with van der Waals surface area (Å²) >= 11 is 0. The zero-order valence-corrected chi connectivity index (χ0v) is 14.7. The second-order valence-electron chi connectivity index (χ2n) is 4.82. The van der Waals surface area contributed by atoms with Gasteiger partial charge in [0, 0.05) is 32.9 Å². The third-order valence-corrected chi connectivity index (χ3v) is 3.38. The number of nitrogens with zero attached hydrogens (tertiary/aromatic N) is 2. The number of carbonyl (C=O) groups excluding carboxylic acids is 1. The molecule has 0 bridgehead atoms. The van der Waals surface area contributed by atoms with Crippen molar-refractivity contribution in [2.45, 2.75) is 12.5 Å². The molecule has 3 N–H and O–H groups in total. The molecular weight excluding hydrogens is 343 g/mol. The van der Waals surface area contributed by atoms with Gasteiger partial charge in [-0.05, 0) is 12.1 Å². The van der Waals surface area contributed by atoms with E-state index >= 15 is 0 Å². The van der Waals surface area contributed by atoms with Crippen molar-refractivity contribution in [3.8, 4) is 0 Å². The van der Waals surface area contributed by atoms with Crippen LogP contribution in [0.15, 0.2) is 18.3 Å². The number of methoxy groups -OCH3 is 1. The normalized spacial score (nSPS) is 15.1. The third kappa shape index (κ3) is 6.48. The summed E-state index contributed by atoms with van der Waals surface area (Å²) in [5.41, 5.74) is 6.24. The van der Waals surface area contributed by atoms with E-state index in [0.717, 1.165) is 18.9 Å². The van der Waals surface area contributed by atoms with Crippen LogP contribution in [0, 0.1) is 0 Å². The second-order valence-corrected chi connectivity index (χ2v) is 4.82. The zero-order valence-electron chi connectivity index (χ0n) is 13.1. The molecule has 132 valence electrons. The Morgan fingerprint density at radius 2 is 2.17 bits per heavy atom. The van der Waals surface area contributed by atoms with Crippen LogP contribution in [0.3, 0.4) is 0 Å². The molecule has 2 rings (SSSR count). The summed E-state index contributed by atoms with van der Waals surface area (Å²) in [5.74, 6) is 0.644. The van der Waals surface area contributed by atoms with Crippen LogP contribution in [-0.4, -0.2) is 57.0 Å². The summed E-state index contributed by atoms with van der Waals surface area (Å²) in [6, 6.07) is 3.65. The molecule has 1 saturated heterocycles. The van der Waals surface area contributed by atoms with Gasteiger partial charge in [0.25, 0.3) is 0 Å². The van der Waals surface area contributed by atoms with Gasteiger partial charge in [0.05, 0.1) is 31.4 Å². The highest BCUT2D eigenvalue weighted by Crippen LogP contribution is 2.23. The minimum atomic E-state index is -0.270. The van der Waals surface area contributed by atoms with E-state index in [-0.39, 0.29) is 43.2 Å². The number of nitrogens with two attached hydrogens (primary N) is 1. The summed E-state index contributed by atoms with van der Waals surface area (Å²) in [6.45, 7) is 3.19. The molecule has 1 aliphatic rings. The first kappa shape index (κ1) is 21.9. The number of ether oxygens (including phenoxy) is 2. The molecule has 1 unspecified atom stereocenters. The van der Waals surface area contributed by atoms with E-state index in [4.69, 9.17) is 15.2 Å². The van der Waals surface area contributed by atoms with Gasteiger partial charge in [-0.2, -0.15) is 0 Å². The molecule has 2 heterocycles. The first-order chi connectivity index (χ1) is 10.2. The summed E-state index contributed by atoms with van der Waals surface area (Å²) in [7, 11) is 1.55. The Morgan fingerprint density at radius 1 is 1.48 bits per heavy atom. The number of morpholine rings is 1. The van der Waals surface area contributed by atoms with Crippen LogP contribution < -0.4 is 16.0 Å². The lowest BCUT2D eigenvalue weighted by Crippen LogP contribution is -2.37. The predicted octanol–water partition coefficient (Wildman–Crippen LogP) is 1.06. The molecule has 0 aromatic carbocycles. The number of rotatable bonds is 6. The van der Waals surface area contributed by atoms with E-state index in [1.165, 1.54) is 0 Å². The minimum Gasteiger partial charge on any atom is -0.380 e. The number of carbonyl (C=O) groups is 1. The van der Waals surface area contributed by atoms with E-state index in [0.29, 0.717) is 25.4 Å². The molecule has 23 heavy (non-hydrogen) atoms. The van der Waals surface area contributed by atoms with E-state index in [1.54, 1.807) is 19.4 Å². The van der Waals surface area contributed by atoms with Crippen LogP contribution in [0.2, 0.25) is 0 Å². The van der Waals surface area contributed by atoms with Gasteiger partial charge in [-0.25, -0.2) is 4.98 Å². The Labute approximate surface area is 148 Å². The lowest BCUT2D eigenvalue weighted by Gasteiger charge is -2.29. The lowest BCUT2D eigenvalue weighted by atomic mass is 10.2. The largest absolute Gasteiger partial charge is 0.380 e. The maximum atomic E-state index is 12.1. The monoisotopic (exact) mass is 366 g/mol. The number of hydrogen-bond donors (Lipinski definition) is 2. The number of pyridine rings is 1. The standard InChI is InChI=1S/C14H22N4O3.2ClH/c1-20-11(10-15)9-13(19)17-12-3-2-4-16-14(12)18-5-7-21-8-6-18;;/h2-4,11H,5-10,15H2,1H3,(H,17,19);2*1H. The van der Waals surface area contributed by atoms with Gasteiger partial charge in [0.15, 0.2) is 5.82 Å². The van der Waals surface area contributed by atoms with Crippen molar-refractivity contribution in [2.75, 3.05) is 50.2 Å². The minimum absolute atomic E-state index is 0. The highest BCUT2D eigenvalue weighted by molar-refractivity contribution is 5.93. The van der Waals surface area contributed by atoms with Crippen molar-refractivity contribution in [1.29, 1.82) is 0 Å². The quantitative estimate of drug-likeness (QED) is 0.782. The van der Waals surface area contributed by atoms with Crippen molar-refractivity contribution in [1.82, 2.24) is 4.98 Å². The third-order valence-electron chi connectivity index (χ3n) is 3.38. The summed E-state index contributed by atoms with van der Waals surface area (Å²) < 4.78 is 10.5. The van der Waals surface area contributed by atoms with Crippen LogP contribution >= 0.6 is 24.8 Å². The maximum Gasteiger partial charge on any atom is 0.227 e. The average molecular weight is 367 g/mol. The van der Waals surface area contributed by atoms with E-state index in [9.17, 15) is 4.79 Å². The van der Waals surface area contributed by atoms with Crippen LogP contribution in [-0.2, 0) is 14.3 Å². The van der Waals surface area contributed by atoms with Gasteiger partial charge in [-0.3, -0.25) is 4.79 Å². The molecule has 1 aromatic heterocycles. The van der Waals surface area contributed by atoms with Crippen LogP contribution in [0.25, 0.3) is 0 Å². The van der Waals surface area contributed by atoms with E-state index in [1.807, 2.05) is 6.07 Å². The number of anilines is 2. The topological polar surface area (TPSA) is 89.7 Å². The first-order valence-corrected chi connectivity index (χ1v) is 7.05. The Balaban J connectivity index is 0.00000242. The van der Waals surface area contributed by atoms with Gasteiger partial charge in [0.1, 0.15) is 0 Å². The van der Waals surface area contributed by atoms with Crippen LogP contribution in [0.4, 0.5) is 11.5 Å². The van der Waals surface area contributed by atoms with Crippen molar-refractivity contribution in [3.63, 3.8) is 0 Å². The molecule has 1 atom stereocenters. The predicted molar refractivity (Wildman–Crippen MR) is 94.9 cm³/mol. The average Bonchev–Trinajstić information content (AvgIpc) is 2.54. The highest BCUT2D eigenvalue weighted by Gasteiger charge is 2.18. The number of halogens is 2. The Morgan fingerprint density at radius 3 is 2.78 bits per heavy atom. The number of hydrogen-bond acceptors (Lipinski definition) is 6. The molecule has 1 amide bonds. The van der Waals surface area contributed by atoms with Gasteiger partial charge in [-0.15, -0.1) is 24.8 Å². The summed E-state index contributed by atoms with van der Waals surface area (Å²) in [5, 5.41) is 2.89. The van der Waals surface area contributed by atoms with E-state index in [2.05, 4.69) is 15.2 Å². The Bertz CT molecular complexity index is 469. The number of amides is 1. The smallest absolute Gasteiger partial charge is 0.227 e.